The van der Waals surface area contributed by atoms with Gasteiger partial charge in [0.2, 0.25) is 15.9 Å². The Kier molecular flexibility index (Phi) is 8.79. The Hall–Kier alpha value is -2.97. The van der Waals surface area contributed by atoms with Crippen LogP contribution in [0.1, 0.15) is 11.1 Å². The second kappa shape index (κ2) is 11.8. The molecule has 0 heterocycles. The number of thioether (sulfide) groups is 1. The summed E-state index contributed by atoms with van der Waals surface area (Å²) in [5.41, 5.74) is 2.87. The van der Waals surface area contributed by atoms with Crippen molar-refractivity contribution in [3.63, 3.8) is 0 Å². The second-order valence-electron chi connectivity index (χ2n) is 7.57. The van der Waals surface area contributed by atoms with Crippen molar-refractivity contribution in [2.45, 2.75) is 12.7 Å². The van der Waals surface area contributed by atoms with E-state index in [9.17, 15) is 13.2 Å². The number of sulfonamides is 1. The molecule has 0 aliphatic carbocycles. The number of nitrogens with one attached hydrogen (secondary N) is 1. The number of aryl methyl sites for hydroxylation is 1. The highest BCUT2D eigenvalue weighted by atomic mass is 32.2. The first-order chi connectivity index (χ1) is 15.8. The molecular formula is C25H28N2O4S2. The average molecular weight is 485 g/mol. The highest BCUT2D eigenvalue weighted by Crippen LogP contribution is 2.25. The van der Waals surface area contributed by atoms with Gasteiger partial charge in [0.25, 0.3) is 0 Å². The molecule has 0 fully saturated rings. The van der Waals surface area contributed by atoms with Gasteiger partial charge in [0, 0.05) is 18.1 Å². The van der Waals surface area contributed by atoms with E-state index in [1.165, 1.54) is 11.1 Å². The van der Waals surface area contributed by atoms with Gasteiger partial charge in [-0.3, -0.25) is 9.10 Å². The van der Waals surface area contributed by atoms with Gasteiger partial charge in [-0.15, -0.1) is 0 Å². The molecule has 0 aliphatic rings. The van der Waals surface area contributed by atoms with Crippen LogP contribution < -0.4 is 14.4 Å². The minimum Gasteiger partial charge on any atom is -0.457 e. The predicted molar refractivity (Wildman–Crippen MR) is 135 cm³/mol. The summed E-state index contributed by atoms with van der Waals surface area (Å²) in [4.78, 5) is 12.4. The smallest absolute Gasteiger partial charge is 0.240 e. The summed E-state index contributed by atoms with van der Waals surface area (Å²) in [6.07, 6.45) is 1.09. The van der Waals surface area contributed by atoms with Crippen molar-refractivity contribution in [3.8, 4) is 11.5 Å². The number of para-hydroxylation sites is 1. The topological polar surface area (TPSA) is 75.7 Å². The molecule has 8 heteroatoms. The molecule has 3 aromatic rings. The molecule has 33 heavy (non-hydrogen) atoms. The van der Waals surface area contributed by atoms with E-state index >= 15 is 0 Å². The van der Waals surface area contributed by atoms with Crippen LogP contribution >= 0.6 is 11.8 Å². The summed E-state index contributed by atoms with van der Waals surface area (Å²) in [5, 5.41) is 2.81. The van der Waals surface area contributed by atoms with Gasteiger partial charge in [-0.05, 0) is 48.9 Å². The molecule has 0 bridgehead atoms. The summed E-state index contributed by atoms with van der Waals surface area (Å²) in [7, 11) is -3.63. The lowest BCUT2D eigenvalue weighted by atomic mass is 10.2. The highest BCUT2D eigenvalue weighted by molar-refractivity contribution is 7.98. The summed E-state index contributed by atoms with van der Waals surface area (Å²) < 4.78 is 31.5. The first kappa shape index (κ1) is 24.7. The lowest BCUT2D eigenvalue weighted by Crippen LogP contribution is -2.41. The Morgan fingerprint density at radius 2 is 1.67 bits per heavy atom. The van der Waals surface area contributed by atoms with E-state index < -0.39 is 10.0 Å². The van der Waals surface area contributed by atoms with Crippen molar-refractivity contribution in [2.75, 3.05) is 29.4 Å². The number of hydrogen-bond donors (Lipinski definition) is 1. The lowest BCUT2D eigenvalue weighted by molar-refractivity contribution is -0.119. The molecule has 0 saturated heterocycles. The second-order valence-corrected chi connectivity index (χ2v) is 10.6. The van der Waals surface area contributed by atoms with Gasteiger partial charge in [0.15, 0.2) is 0 Å². The third kappa shape index (κ3) is 8.14. The minimum atomic E-state index is -3.63. The normalized spacial score (nSPS) is 11.1. The van der Waals surface area contributed by atoms with Crippen molar-refractivity contribution in [3.05, 3.63) is 90.0 Å². The monoisotopic (exact) mass is 484 g/mol. The zero-order valence-corrected chi connectivity index (χ0v) is 20.4. The number of amides is 1. The molecule has 0 aromatic heterocycles. The Morgan fingerprint density at radius 3 is 2.33 bits per heavy atom. The molecule has 1 amide bonds. The third-order valence-corrected chi connectivity index (χ3v) is 6.88. The van der Waals surface area contributed by atoms with Gasteiger partial charge < -0.3 is 10.1 Å². The van der Waals surface area contributed by atoms with Crippen LogP contribution in [0.3, 0.4) is 0 Å². The molecule has 0 atom stereocenters. The zero-order valence-electron chi connectivity index (χ0n) is 18.7. The maximum Gasteiger partial charge on any atom is 0.240 e. The van der Waals surface area contributed by atoms with Crippen LogP contribution in [0.15, 0.2) is 78.9 Å². The summed E-state index contributed by atoms with van der Waals surface area (Å²) in [5.74, 6) is 2.52. The Morgan fingerprint density at radius 1 is 0.970 bits per heavy atom. The van der Waals surface area contributed by atoms with E-state index in [4.69, 9.17) is 4.74 Å². The van der Waals surface area contributed by atoms with E-state index in [1.54, 1.807) is 36.0 Å². The van der Waals surface area contributed by atoms with Crippen molar-refractivity contribution < 1.29 is 17.9 Å². The van der Waals surface area contributed by atoms with Crippen molar-refractivity contribution in [1.82, 2.24) is 5.32 Å². The van der Waals surface area contributed by atoms with Crippen LogP contribution in [-0.2, 0) is 20.6 Å². The Labute approximate surface area is 200 Å². The fraction of sp³-hybridized carbons (Fsp3) is 0.240. The maximum absolute atomic E-state index is 12.4. The SMILES string of the molecule is Cc1cccc(CSCCNC(=O)CN(c2ccc(Oc3ccccc3)cc2)S(C)(=O)=O)c1. The number of benzene rings is 3. The molecular weight excluding hydrogens is 456 g/mol. The Bertz CT molecular complexity index is 1150. The van der Waals surface area contributed by atoms with E-state index in [2.05, 4.69) is 30.4 Å². The number of anilines is 1. The molecule has 0 unspecified atom stereocenters. The summed E-state index contributed by atoms with van der Waals surface area (Å²) >= 11 is 1.72. The van der Waals surface area contributed by atoms with E-state index in [-0.39, 0.29) is 12.5 Å². The molecule has 0 spiro atoms. The van der Waals surface area contributed by atoms with Crippen molar-refractivity contribution >= 4 is 33.4 Å². The minimum absolute atomic E-state index is 0.278. The van der Waals surface area contributed by atoms with Crippen LogP contribution in [0.5, 0.6) is 11.5 Å². The molecule has 3 rings (SSSR count). The maximum atomic E-state index is 12.4. The van der Waals surface area contributed by atoms with Crippen LogP contribution in [0, 0.1) is 6.92 Å². The molecule has 1 N–H and O–H groups in total. The number of hydrogen-bond acceptors (Lipinski definition) is 5. The van der Waals surface area contributed by atoms with Crippen LogP contribution in [0.4, 0.5) is 5.69 Å². The number of nitrogens with zero attached hydrogens (tertiary/aromatic N) is 1. The third-order valence-electron chi connectivity index (χ3n) is 4.71. The fourth-order valence-electron chi connectivity index (χ4n) is 3.15. The van der Waals surface area contributed by atoms with Gasteiger partial charge in [0.05, 0.1) is 11.9 Å². The lowest BCUT2D eigenvalue weighted by Gasteiger charge is -2.22. The average Bonchev–Trinajstić information content (AvgIpc) is 2.78. The molecule has 6 nitrogen and oxygen atoms in total. The van der Waals surface area contributed by atoms with Crippen LogP contribution in [0.25, 0.3) is 0 Å². The zero-order chi connectivity index (χ0) is 23.7. The van der Waals surface area contributed by atoms with Crippen molar-refractivity contribution in [1.29, 1.82) is 0 Å². The van der Waals surface area contributed by atoms with Crippen LogP contribution in [-0.4, -0.2) is 39.4 Å². The predicted octanol–water partition coefficient (Wildman–Crippen LogP) is 4.60. The fourth-order valence-corrected chi connectivity index (χ4v) is 4.81. The van der Waals surface area contributed by atoms with E-state index in [0.717, 1.165) is 22.1 Å². The molecule has 0 radical (unpaired) electrons. The van der Waals surface area contributed by atoms with Gasteiger partial charge in [-0.2, -0.15) is 11.8 Å². The molecule has 3 aromatic carbocycles. The number of carbonyl (C=O) groups excluding carboxylic acids is 1. The largest absolute Gasteiger partial charge is 0.457 e. The summed E-state index contributed by atoms with van der Waals surface area (Å²) in [6, 6.07) is 24.2. The first-order valence-electron chi connectivity index (χ1n) is 10.5. The van der Waals surface area contributed by atoms with Crippen molar-refractivity contribution in [2.24, 2.45) is 0 Å². The van der Waals surface area contributed by atoms with E-state index in [0.29, 0.717) is 23.7 Å². The molecule has 174 valence electrons. The van der Waals surface area contributed by atoms with E-state index in [1.807, 2.05) is 36.4 Å². The first-order valence-corrected chi connectivity index (χ1v) is 13.5. The quantitative estimate of drug-likeness (QED) is 0.403. The van der Waals surface area contributed by atoms with Gasteiger partial charge in [-0.1, -0.05) is 48.0 Å². The van der Waals surface area contributed by atoms with Crippen LogP contribution in [0.2, 0.25) is 0 Å². The van der Waals surface area contributed by atoms with Gasteiger partial charge >= 0.3 is 0 Å². The highest BCUT2D eigenvalue weighted by Gasteiger charge is 2.20. The Balaban J connectivity index is 1.51. The number of ether oxygens (including phenoxy) is 1. The van der Waals surface area contributed by atoms with Gasteiger partial charge in [0.1, 0.15) is 18.0 Å². The number of carbonyl (C=O) groups is 1. The molecule has 0 saturated carbocycles. The van der Waals surface area contributed by atoms with Gasteiger partial charge in [-0.25, -0.2) is 8.42 Å². The molecule has 0 aliphatic heterocycles. The standard InChI is InChI=1S/C25H28N2O4S2/c1-20-7-6-8-21(17-20)19-32-16-15-26-25(28)18-27(33(2,29)30)22-11-13-24(14-12-22)31-23-9-4-3-5-10-23/h3-14,17H,15-16,18-19H2,1-2H3,(H,26,28). The summed E-state index contributed by atoms with van der Waals surface area (Å²) in [6.45, 7) is 2.25. The number of rotatable bonds is 11.